The third-order valence-electron chi connectivity index (χ3n) is 6.83. The number of thiocarbonyl (C=S) groups is 1. The van der Waals surface area contributed by atoms with Gasteiger partial charge in [-0.25, -0.2) is 4.79 Å². The summed E-state index contributed by atoms with van der Waals surface area (Å²) in [5, 5.41) is 6.98. The first-order valence-corrected chi connectivity index (χ1v) is 13.1. The number of aromatic nitrogens is 2. The second-order valence-corrected chi connectivity index (χ2v) is 9.60. The van der Waals surface area contributed by atoms with Crippen molar-refractivity contribution in [2.45, 2.75) is 32.4 Å². The van der Waals surface area contributed by atoms with Gasteiger partial charge < -0.3 is 24.8 Å². The van der Waals surface area contributed by atoms with Gasteiger partial charge in [-0.15, -0.1) is 0 Å². The fourth-order valence-corrected chi connectivity index (χ4v) is 5.28. The van der Waals surface area contributed by atoms with E-state index in [1.54, 1.807) is 12.3 Å². The van der Waals surface area contributed by atoms with E-state index in [4.69, 9.17) is 17.0 Å². The van der Waals surface area contributed by atoms with Crippen molar-refractivity contribution in [2.75, 3.05) is 17.3 Å². The third kappa shape index (κ3) is 5.00. The number of methoxy groups -OCH3 is 1. The summed E-state index contributed by atoms with van der Waals surface area (Å²) in [5.41, 5.74) is 5.46. The van der Waals surface area contributed by atoms with Crippen molar-refractivity contribution < 1.29 is 14.3 Å². The number of rotatable bonds is 7. The molecule has 2 aromatic carbocycles. The average molecular weight is 540 g/mol. The largest absolute Gasteiger partial charge is 0.465 e. The minimum Gasteiger partial charge on any atom is -0.465 e. The summed E-state index contributed by atoms with van der Waals surface area (Å²) in [7, 11) is 1.38. The lowest BCUT2D eigenvalue weighted by Gasteiger charge is -2.29. The number of esters is 1. The molecule has 1 saturated heterocycles. The number of benzene rings is 2. The normalized spacial score (nSPS) is 16.6. The molecule has 198 valence electrons. The minimum atomic E-state index is -0.413. The molecule has 8 nitrogen and oxygen atoms in total. The molecule has 1 fully saturated rings. The lowest BCUT2D eigenvalue weighted by atomic mass is 10.00. The fourth-order valence-electron chi connectivity index (χ4n) is 4.93. The first-order chi connectivity index (χ1) is 18.9. The smallest absolute Gasteiger partial charge is 0.339 e. The molecule has 0 saturated carbocycles. The number of nitrogens with zero attached hydrogens (tertiary/aromatic N) is 3. The molecule has 9 heteroatoms. The number of hydrogen-bond donors (Lipinski definition) is 2. The number of para-hydroxylation sites is 1. The molecule has 5 rings (SSSR count). The number of hydrogen-bond acceptors (Lipinski definition) is 5. The topological polar surface area (TPSA) is 88.5 Å². The Morgan fingerprint density at radius 3 is 2.59 bits per heavy atom. The molecule has 2 N–H and O–H groups in total. The van der Waals surface area contributed by atoms with Crippen LogP contribution in [0.3, 0.4) is 0 Å². The summed E-state index contributed by atoms with van der Waals surface area (Å²) in [6, 6.07) is 22.4. The highest BCUT2D eigenvalue weighted by molar-refractivity contribution is 7.80. The van der Waals surface area contributed by atoms with Crippen LogP contribution in [0.25, 0.3) is 5.69 Å². The molecule has 39 heavy (non-hydrogen) atoms. The van der Waals surface area contributed by atoms with Gasteiger partial charge in [-0.1, -0.05) is 25.1 Å². The molecule has 1 aliphatic rings. The van der Waals surface area contributed by atoms with Crippen LogP contribution in [0, 0.1) is 6.92 Å². The summed E-state index contributed by atoms with van der Waals surface area (Å²) < 4.78 is 7.06. The molecular formula is C30H29N5O3S. The maximum absolute atomic E-state index is 12.6. The SMILES string of the molecule is CCC(=O)Nc1ccc(N2C(=S)N[C@H](c3ccccn3)[C@H]2c2cccn2-c2ccccc2C(=O)OC)cc1C. The van der Waals surface area contributed by atoms with E-state index in [9.17, 15) is 9.59 Å². The molecule has 1 aliphatic heterocycles. The summed E-state index contributed by atoms with van der Waals surface area (Å²) in [4.78, 5) is 31.4. The summed E-state index contributed by atoms with van der Waals surface area (Å²) in [5.74, 6) is -0.455. The number of anilines is 2. The second kappa shape index (κ2) is 11.1. The number of ether oxygens (including phenoxy) is 1. The van der Waals surface area contributed by atoms with Gasteiger partial charge in [0, 0.05) is 35.9 Å². The second-order valence-electron chi connectivity index (χ2n) is 9.21. The zero-order valence-electron chi connectivity index (χ0n) is 21.9. The van der Waals surface area contributed by atoms with Crippen LogP contribution in [-0.4, -0.2) is 33.6 Å². The zero-order chi connectivity index (χ0) is 27.5. The lowest BCUT2D eigenvalue weighted by molar-refractivity contribution is -0.115. The van der Waals surface area contributed by atoms with Crippen molar-refractivity contribution >= 4 is 40.6 Å². The minimum absolute atomic E-state index is 0.0422. The monoisotopic (exact) mass is 539 g/mol. The van der Waals surface area contributed by atoms with Crippen molar-refractivity contribution in [2.24, 2.45) is 0 Å². The predicted octanol–water partition coefficient (Wildman–Crippen LogP) is 5.49. The van der Waals surface area contributed by atoms with E-state index < -0.39 is 5.97 Å². The highest BCUT2D eigenvalue weighted by Crippen LogP contribution is 2.43. The van der Waals surface area contributed by atoms with Crippen LogP contribution < -0.4 is 15.5 Å². The molecule has 1 amide bonds. The number of aryl methyl sites for hydroxylation is 1. The summed E-state index contributed by atoms with van der Waals surface area (Å²) in [6.07, 6.45) is 4.10. The molecule has 3 heterocycles. The van der Waals surface area contributed by atoms with Crippen LogP contribution in [0.1, 0.15) is 52.7 Å². The number of nitrogens with one attached hydrogen (secondary N) is 2. The van der Waals surface area contributed by atoms with Crippen LogP contribution >= 0.6 is 12.2 Å². The van der Waals surface area contributed by atoms with E-state index >= 15 is 0 Å². The first kappa shape index (κ1) is 26.1. The van der Waals surface area contributed by atoms with E-state index in [1.807, 2.05) is 91.3 Å². The molecule has 2 aromatic heterocycles. The van der Waals surface area contributed by atoms with E-state index in [0.29, 0.717) is 22.8 Å². The Kier molecular flexibility index (Phi) is 7.42. The van der Waals surface area contributed by atoms with Crippen LogP contribution in [0.2, 0.25) is 0 Å². The van der Waals surface area contributed by atoms with Crippen molar-refractivity contribution in [3.05, 3.63) is 108 Å². The molecule has 2 atom stereocenters. The van der Waals surface area contributed by atoms with E-state index in [1.165, 1.54) is 7.11 Å². The Morgan fingerprint density at radius 2 is 1.87 bits per heavy atom. The van der Waals surface area contributed by atoms with Crippen LogP contribution in [0.15, 0.2) is 85.2 Å². The van der Waals surface area contributed by atoms with Gasteiger partial charge in [0.05, 0.1) is 30.1 Å². The molecule has 0 unspecified atom stereocenters. The van der Waals surface area contributed by atoms with E-state index in [2.05, 4.69) is 20.5 Å². The zero-order valence-corrected chi connectivity index (χ0v) is 22.7. The highest BCUT2D eigenvalue weighted by atomic mass is 32.1. The van der Waals surface area contributed by atoms with Crippen molar-refractivity contribution in [1.29, 1.82) is 0 Å². The Balaban J connectivity index is 1.64. The summed E-state index contributed by atoms with van der Waals surface area (Å²) >= 11 is 5.90. The highest BCUT2D eigenvalue weighted by Gasteiger charge is 2.42. The van der Waals surface area contributed by atoms with Gasteiger partial charge in [-0.05, 0) is 79.3 Å². The van der Waals surface area contributed by atoms with Crippen molar-refractivity contribution in [3.8, 4) is 5.69 Å². The van der Waals surface area contributed by atoms with Crippen molar-refractivity contribution in [1.82, 2.24) is 14.9 Å². The number of carbonyl (C=O) groups excluding carboxylic acids is 2. The van der Waals surface area contributed by atoms with Crippen LogP contribution in [-0.2, 0) is 9.53 Å². The number of carbonyl (C=O) groups is 2. The van der Waals surface area contributed by atoms with Gasteiger partial charge in [0.2, 0.25) is 5.91 Å². The van der Waals surface area contributed by atoms with E-state index in [0.717, 1.165) is 28.3 Å². The first-order valence-electron chi connectivity index (χ1n) is 12.7. The van der Waals surface area contributed by atoms with Gasteiger partial charge in [-0.3, -0.25) is 9.78 Å². The Hall–Kier alpha value is -4.50. The summed E-state index contributed by atoms with van der Waals surface area (Å²) in [6.45, 7) is 3.78. The maximum Gasteiger partial charge on any atom is 0.339 e. The lowest BCUT2D eigenvalue weighted by Crippen LogP contribution is -2.30. The van der Waals surface area contributed by atoms with Crippen molar-refractivity contribution in [3.63, 3.8) is 0 Å². The van der Waals surface area contributed by atoms with Gasteiger partial charge >= 0.3 is 5.97 Å². The van der Waals surface area contributed by atoms with Gasteiger partial charge in [0.1, 0.15) is 6.04 Å². The molecule has 4 aromatic rings. The number of amides is 1. The van der Waals surface area contributed by atoms with Crippen LogP contribution in [0.5, 0.6) is 0 Å². The molecule has 0 radical (unpaired) electrons. The Morgan fingerprint density at radius 1 is 1.08 bits per heavy atom. The van der Waals surface area contributed by atoms with Gasteiger partial charge in [0.25, 0.3) is 0 Å². The van der Waals surface area contributed by atoms with E-state index in [-0.39, 0.29) is 18.0 Å². The molecule has 0 bridgehead atoms. The molecule has 0 spiro atoms. The predicted molar refractivity (Wildman–Crippen MR) is 155 cm³/mol. The third-order valence-corrected chi connectivity index (χ3v) is 7.15. The fraction of sp³-hybridized carbons (Fsp3) is 0.200. The molecular weight excluding hydrogens is 510 g/mol. The maximum atomic E-state index is 12.6. The quantitative estimate of drug-likeness (QED) is 0.237. The van der Waals surface area contributed by atoms with Crippen LogP contribution in [0.4, 0.5) is 11.4 Å². The van der Waals surface area contributed by atoms with Gasteiger partial charge in [0.15, 0.2) is 5.11 Å². The number of pyridine rings is 1. The Bertz CT molecular complexity index is 1530. The average Bonchev–Trinajstić information content (AvgIpc) is 3.58. The van der Waals surface area contributed by atoms with Gasteiger partial charge in [-0.2, -0.15) is 0 Å². The standard InChI is InChI=1S/C30H29N5O3S/c1-4-26(36)32-22-15-14-20(18-19(22)2)35-28(27(33-30(35)39)23-11-7-8-16-31-23)25-13-9-17-34(25)24-12-6-5-10-21(24)29(37)38-3/h5-18,27-28H,4H2,1-3H3,(H,32,36)(H,33,39)/t27-,28-/m1/s1. The molecule has 0 aliphatic carbocycles. The Labute approximate surface area is 232 Å².